The Morgan fingerprint density at radius 1 is 0.725 bits per heavy atom. The van der Waals surface area contributed by atoms with Gasteiger partial charge in [0.05, 0.1) is 25.6 Å². The summed E-state index contributed by atoms with van der Waals surface area (Å²) >= 11 is 0. The molecule has 0 radical (unpaired) electrons. The summed E-state index contributed by atoms with van der Waals surface area (Å²) in [4.78, 5) is 54.6. The largest absolute Gasteiger partial charge is 0.378 e. The Labute approximate surface area is 235 Å². The number of rotatable bonds is 7. The van der Waals surface area contributed by atoms with Crippen molar-refractivity contribution in [2.24, 2.45) is 11.8 Å². The van der Waals surface area contributed by atoms with E-state index in [2.05, 4.69) is 10.6 Å². The Hall–Kier alpha value is -3.72. The smallest absolute Gasteiger partial charge is 0.254 e. The van der Waals surface area contributed by atoms with E-state index in [-0.39, 0.29) is 41.9 Å². The topological polar surface area (TPSA) is 108 Å². The van der Waals surface area contributed by atoms with Crippen LogP contribution >= 0.6 is 0 Å². The van der Waals surface area contributed by atoms with E-state index in [0.717, 1.165) is 50.6 Å². The Balaban J connectivity index is 1.08. The fraction of sp³-hybridized carbons (Fsp3) is 0.484. The molecule has 9 heteroatoms. The van der Waals surface area contributed by atoms with E-state index in [1.165, 1.54) is 0 Å². The summed E-state index contributed by atoms with van der Waals surface area (Å²) < 4.78 is 5.30. The molecule has 2 N–H and O–H groups in total. The van der Waals surface area contributed by atoms with Gasteiger partial charge >= 0.3 is 0 Å². The highest BCUT2D eigenvalue weighted by atomic mass is 16.5. The summed E-state index contributed by atoms with van der Waals surface area (Å²) in [5, 5.41) is 5.86. The van der Waals surface area contributed by atoms with Gasteiger partial charge in [-0.25, -0.2) is 0 Å². The fourth-order valence-corrected chi connectivity index (χ4v) is 5.81. The molecule has 4 amide bonds. The second-order valence-corrected chi connectivity index (χ2v) is 11.0. The molecule has 1 saturated carbocycles. The highest BCUT2D eigenvalue weighted by molar-refractivity contribution is 5.96. The minimum Gasteiger partial charge on any atom is -0.378 e. The minimum absolute atomic E-state index is 0.0354. The summed E-state index contributed by atoms with van der Waals surface area (Å²) in [6.07, 6.45) is 5.99. The van der Waals surface area contributed by atoms with Crippen LogP contribution in [0.15, 0.2) is 48.5 Å². The number of amides is 4. The lowest BCUT2D eigenvalue weighted by atomic mass is 9.95. The molecular weight excluding hydrogens is 508 g/mol. The number of likely N-dealkylation sites (tertiary alicyclic amines) is 1. The third-order valence-electron chi connectivity index (χ3n) is 8.11. The molecule has 9 nitrogen and oxygen atoms in total. The van der Waals surface area contributed by atoms with Crippen LogP contribution < -0.4 is 10.6 Å². The van der Waals surface area contributed by atoms with E-state index in [1.54, 1.807) is 41.3 Å². The van der Waals surface area contributed by atoms with Gasteiger partial charge in [0.25, 0.3) is 5.91 Å². The van der Waals surface area contributed by atoms with E-state index in [0.29, 0.717) is 49.8 Å². The molecule has 0 spiro atoms. The highest BCUT2D eigenvalue weighted by Gasteiger charge is 2.33. The summed E-state index contributed by atoms with van der Waals surface area (Å²) in [5.74, 6) is -0.124. The predicted octanol–water partition coefficient (Wildman–Crippen LogP) is 3.71. The normalized spacial score (nSPS) is 19.8. The van der Waals surface area contributed by atoms with Crippen LogP contribution in [0.5, 0.6) is 0 Å². The van der Waals surface area contributed by atoms with Gasteiger partial charge in [-0.15, -0.1) is 0 Å². The number of piperidine rings is 1. The predicted molar refractivity (Wildman–Crippen MR) is 152 cm³/mol. The Bertz CT molecular complexity index is 1200. The zero-order valence-electron chi connectivity index (χ0n) is 22.9. The van der Waals surface area contributed by atoms with Crippen LogP contribution in [0.2, 0.25) is 0 Å². The lowest BCUT2D eigenvalue weighted by molar-refractivity contribution is -0.138. The van der Waals surface area contributed by atoms with E-state index in [1.807, 2.05) is 17.0 Å². The van der Waals surface area contributed by atoms with E-state index in [4.69, 9.17) is 4.74 Å². The first kappa shape index (κ1) is 27.8. The number of benzene rings is 2. The standard InChI is InChI=1S/C31H38N4O5/c36-28(32-26-13-9-24(10-14-26)30(38)34-16-18-40-19-17-34)20-22-7-11-27(12-8-22)33-29(37)25-6-3-15-35(21-25)31(39)23-4-1-2-5-23/h7-14,23,25H,1-6,15-21H2,(H,32,36)(H,33,37). The fourth-order valence-electron chi connectivity index (χ4n) is 5.81. The molecule has 2 aliphatic heterocycles. The van der Waals surface area contributed by atoms with Crippen molar-refractivity contribution in [2.45, 2.75) is 44.9 Å². The monoisotopic (exact) mass is 546 g/mol. The lowest BCUT2D eigenvalue weighted by Crippen LogP contribution is -2.45. The van der Waals surface area contributed by atoms with Gasteiger partial charge in [-0.05, 0) is 67.6 Å². The molecule has 0 bridgehead atoms. The number of nitrogens with one attached hydrogen (secondary N) is 2. The van der Waals surface area contributed by atoms with Gasteiger partial charge in [-0.2, -0.15) is 0 Å². The second-order valence-electron chi connectivity index (χ2n) is 11.0. The molecule has 2 aromatic rings. The molecule has 212 valence electrons. The van der Waals surface area contributed by atoms with Gasteiger partial charge in [-0.3, -0.25) is 19.2 Å². The number of hydrogen-bond acceptors (Lipinski definition) is 5. The first-order valence-electron chi connectivity index (χ1n) is 14.4. The van der Waals surface area contributed by atoms with Crippen molar-refractivity contribution in [3.8, 4) is 0 Å². The summed E-state index contributed by atoms with van der Waals surface area (Å²) in [6, 6.07) is 14.2. The number of carbonyl (C=O) groups is 4. The van der Waals surface area contributed by atoms with Crippen molar-refractivity contribution < 1.29 is 23.9 Å². The van der Waals surface area contributed by atoms with Crippen LogP contribution in [0.4, 0.5) is 11.4 Å². The maximum absolute atomic E-state index is 12.9. The third kappa shape index (κ3) is 7.07. The zero-order valence-corrected chi connectivity index (χ0v) is 22.9. The van der Waals surface area contributed by atoms with E-state index >= 15 is 0 Å². The zero-order chi connectivity index (χ0) is 27.9. The van der Waals surface area contributed by atoms with Crippen LogP contribution in [-0.2, 0) is 25.5 Å². The van der Waals surface area contributed by atoms with Crippen molar-refractivity contribution in [3.63, 3.8) is 0 Å². The van der Waals surface area contributed by atoms with Crippen molar-refractivity contribution >= 4 is 35.0 Å². The SMILES string of the molecule is O=C(Cc1ccc(NC(=O)C2CCCN(C(=O)C3CCCC3)C2)cc1)Nc1ccc(C(=O)N2CCOCC2)cc1. The molecule has 3 aliphatic rings. The maximum Gasteiger partial charge on any atom is 0.254 e. The van der Waals surface area contributed by atoms with Gasteiger partial charge in [0.1, 0.15) is 0 Å². The van der Waals surface area contributed by atoms with Crippen molar-refractivity contribution in [2.75, 3.05) is 50.0 Å². The maximum atomic E-state index is 12.9. The van der Waals surface area contributed by atoms with Gasteiger partial charge in [0.15, 0.2) is 0 Å². The Morgan fingerprint density at radius 3 is 2.05 bits per heavy atom. The molecule has 2 heterocycles. The summed E-state index contributed by atoms with van der Waals surface area (Å²) in [5.41, 5.74) is 2.70. The summed E-state index contributed by atoms with van der Waals surface area (Å²) in [6.45, 7) is 3.50. The average molecular weight is 547 g/mol. The van der Waals surface area contributed by atoms with Gasteiger partial charge < -0.3 is 25.2 Å². The van der Waals surface area contributed by atoms with Gasteiger partial charge in [-0.1, -0.05) is 25.0 Å². The number of carbonyl (C=O) groups excluding carboxylic acids is 4. The third-order valence-corrected chi connectivity index (χ3v) is 8.11. The van der Waals surface area contributed by atoms with Crippen molar-refractivity contribution in [1.82, 2.24) is 9.80 Å². The molecule has 1 atom stereocenters. The number of ether oxygens (including phenoxy) is 1. The molecule has 0 aromatic heterocycles. The van der Waals surface area contributed by atoms with Crippen LogP contribution in [0, 0.1) is 11.8 Å². The molecule has 5 rings (SSSR count). The minimum atomic E-state index is -0.208. The molecular formula is C31H38N4O5. The highest BCUT2D eigenvalue weighted by Crippen LogP contribution is 2.29. The van der Waals surface area contributed by atoms with Crippen LogP contribution in [0.25, 0.3) is 0 Å². The van der Waals surface area contributed by atoms with Crippen molar-refractivity contribution in [3.05, 3.63) is 59.7 Å². The number of morpholine rings is 1. The molecule has 2 aromatic carbocycles. The first-order valence-corrected chi connectivity index (χ1v) is 14.4. The second kappa shape index (κ2) is 13.1. The molecule has 40 heavy (non-hydrogen) atoms. The van der Waals surface area contributed by atoms with Crippen LogP contribution in [0.1, 0.15) is 54.4 Å². The molecule has 3 fully saturated rings. The number of nitrogens with zero attached hydrogens (tertiary/aromatic N) is 2. The lowest BCUT2D eigenvalue weighted by Gasteiger charge is -2.33. The van der Waals surface area contributed by atoms with Gasteiger partial charge in [0.2, 0.25) is 17.7 Å². The molecule has 1 aliphatic carbocycles. The molecule has 2 saturated heterocycles. The summed E-state index contributed by atoms with van der Waals surface area (Å²) in [7, 11) is 0. The Kier molecular flexibility index (Phi) is 9.11. The first-order chi connectivity index (χ1) is 19.5. The van der Waals surface area contributed by atoms with Crippen LogP contribution in [0.3, 0.4) is 0 Å². The Morgan fingerprint density at radius 2 is 1.35 bits per heavy atom. The average Bonchev–Trinajstić information content (AvgIpc) is 3.53. The number of anilines is 2. The van der Waals surface area contributed by atoms with E-state index < -0.39 is 0 Å². The van der Waals surface area contributed by atoms with Crippen LogP contribution in [-0.4, -0.2) is 72.8 Å². The number of hydrogen-bond donors (Lipinski definition) is 2. The van der Waals surface area contributed by atoms with E-state index in [9.17, 15) is 19.2 Å². The van der Waals surface area contributed by atoms with Gasteiger partial charge in [0, 0.05) is 49.0 Å². The van der Waals surface area contributed by atoms with Crippen molar-refractivity contribution in [1.29, 1.82) is 0 Å². The molecule has 1 unspecified atom stereocenters. The quantitative estimate of drug-likeness (QED) is 0.551.